The molecule has 0 fully saturated rings. The van der Waals surface area contributed by atoms with E-state index in [0.717, 1.165) is 5.52 Å². The SMILES string of the molecule is Cc1cc(OC(F)(F)F)ccc1-c1cc2cc[nH]n2c(=S)n1. The van der Waals surface area contributed by atoms with E-state index in [1.54, 1.807) is 23.7 Å². The number of alkyl halides is 3. The summed E-state index contributed by atoms with van der Waals surface area (Å²) in [6.07, 6.45) is -2.98. The van der Waals surface area contributed by atoms with Crippen LogP contribution >= 0.6 is 12.2 Å². The summed E-state index contributed by atoms with van der Waals surface area (Å²) in [5, 5.41) is 2.92. The van der Waals surface area contributed by atoms with Crippen LogP contribution in [0.2, 0.25) is 0 Å². The van der Waals surface area contributed by atoms with Gasteiger partial charge in [0.25, 0.3) is 0 Å². The molecule has 2 heterocycles. The highest BCUT2D eigenvalue weighted by Crippen LogP contribution is 2.29. The maximum absolute atomic E-state index is 12.2. The van der Waals surface area contributed by atoms with Crippen LogP contribution in [-0.4, -0.2) is 21.0 Å². The van der Waals surface area contributed by atoms with Gasteiger partial charge in [0.15, 0.2) is 0 Å². The number of aromatic amines is 1. The highest BCUT2D eigenvalue weighted by atomic mass is 32.1. The molecule has 0 atom stereocenters. The van der Waals surface area contributed by atoms with Gasteiger partial charge in [-0.05, 0) is 55.0 Å². The smallest absolute Gasteiger partial charge is 0.406 e. The van der Waals surface area contributed by atoms with E-state index in [1.165, 1.54) is 18.2 Å². The van der Waals surface area contributed by atoms with Crippen LogP contribution in [0.3, 0.4) is 0 Å². The van der Waals surface area contributed by atoms with Gasteiger partial charge in [0.1, 0.15) is 5.75 Å². The molecule has 1 aromatic carbocycles. The molecule has 0 aliphatic carbocycles. The number of benzene rings is 1. The maximum Gasteiger partial charge on any atom is 0.573 e. The fraction of sp³-hybridized carbons (Fsp3) is 0.143. The minimum Gasteiger partial charge on any atom is -0.406 e. The molecule has 0 bridgehead atoms. The fourth-order valence-electron chi connectivity index (χ4n) is 2.21. The quantitative estimate of drug-likeness (QED) is 0.716. The number of aryl methyl sites for hydroxylation is 1. The molecule has 3 aromatic rings. The largest absolute Gasteiger partial charge is 0.573 e. The summed E-state index contributed by atoms with van der Waals surface area (Å²) in [7, 11) is 0. The first kappa shape index (κ1) is 14.6. The number of hydrogen-bond donors (Lipinski definition) is 1. The van der Waals surface area contributed by atoms with Crippen molar-refractivity contribution in [2.75, 3.05) is 0 Å². The number of H-pyrrole nitrogens is 1. The average molecular weight is 325 g/mol. The van der Waals surface area contributed by atoms with Gasteiger partial charge < -0.3 is 4.74 Å². The van der Waals surface area contributed by atoms with Crippen LogP contribution in [0, 0.1) is 11.7 Å². The third kappa shape index (κ3) is 2.82. The Morgan fingerprint density at radius 3 is 2.68 bits per heavy atom. The first-order valence-electron chi connectivity index (χ1n) is 6.27. The maximum atomic E-state index is 12.2. The molecule has 3 rings (SSSR count). The van der Waals surface area contributed by atoms with Gasteiger partial charge in [0.05, 0.1) is 11.2 Å². The number of hydrogen-bond acceptors (Lipinski definition) is 3. The summed E-state index contributed by atoms with van der Waals surface area (Å²) in [6.45, 7) is 1.69. The molecule has 114 valence electrons. The summed E-state index contributed by atoms with van der Waals surface area (Å²) in [5.41, 5.74) is 2.73. The Kier molecular flexibility index (Phi) is 3.40. The van der Waals surface area contributed by atoms with E-state index < -0.39 is 6.36 Å². The Labute approximate surface area is 128 Å². The van der Waals surface area contributed by atoms with Crippen molar-refractivity contribution in [2.45, 2.75) is 13.3 Å². The lowest BCUT2D eigenvalue weighted by molar-refractivity contribution is -0.274. The highest BCUT2D eigenvalue weighted by molar-refractivity contribution is 7.71. The van der Waals surface area contributed by atoms with E-state index in [9.17, 15) is 13.2 Å². The van der Waals surface area contributed by atoms with Gasteiger partial charge in [0, 0.05) is 11.8 Å². The summed E-state index contributed by atoms with van der Waals surface area (Å²) in [4.78, 5) is 4.29. The Balaban J connectivity index is 2.05. The molecule has 22 heavy (non-hydrogen) atoms. The predicted molar refractivity (Wildman–Crippen MR) is 77.2 cm³/mol. The van der Waals surface area contributed by atoms with E-state index in [1.807, 2.05) is 6.07 Å². The number of halogens is 3. The molecular formula is C14H10F3N3OS. The van der Waals surface area contributed by atoms with Gasteiger partial charge in [-0.25, -0.2) is 9.50 Å². The summed E-state index contributed by atoms with van der Waals surface area (Å²) < 4.78 is 42.6. The summed E-state index contributed by atoms with van der Waals surface area (Å²) in [5.74, 6) is -0.260. The monoisotopic (exact) mass is 325 g/mol. The third-order valence-corrected chi connectivity index (χ3v) is 3.39. The summed E-state index contributed by atoms with van der Waals surface area (Å²) >= 11 is 5.18. The van der Waals surface area contributed by atoms with Crippen LogP contribution in [0.15, 0.2) is 36.5 Å². The number of fused-ring (bicyclic) bond motifs is 1. The van der Waals surface area contributed by atoms with Crippen LogP contribution in [0.25, 0.3) is 16.8 Å². The zero-order valence-corrected chi connectivity index (χ0v) is 12.1. The molecule has 0 radical (unpaired) electrons. The lowest BCUT2D eigenvalue weighted by atomic mass is 10.0. The molecule has 0 amide bonds. The fourth-order valence-corrected chi connectivity index (χ4v) is 2.47. The molecule has 8 heteroatoms. The van der Waals surface area contributed by atoms with E-state index >= 15 is 0 Å². The Bertz CT molecular complexity index is 898. The lowest BCUT2D eigenvalue weighted by Crippen LogP contribution is -2.17. The van der Waals surface area contributed by atoms with Crippen molar-refractivity contribution in [3.8, 4) is 17.0 Å². The number of aromatic nitrogens is 3. The van der Waals surface area contributed by atoms with Gasteiger partial charge in [-0.2, -0.15) is 0 Å². The molecule has 0 aliphatic heterocycles. The van der Waals surface area contributed by atoms with Crippen molar-refractivity contribution in [3.63, 3.8) is 0 Å². The standard InChI is InChI=1S/C14H10F3N3OS/c1-8-6-10(21-14(15,16)17)2-3-11(8)12-7-9-4-5-18-20(9)13(22)19-12/h2-7,18H,1H3. The Morgan fingerprint density at radius 2 is 2.00 bits per heavy atom. The zero-order valence-electron chi connectivity index (χ0n) is 11.3. The van der Waals surface area contributed by atoms with Crippen molar-refractivity contribution >= 4 is 17.7 Å². The van der Waals surface area contributed by atoms with E-state index in [-0.39, 0.29) is 5.75 Å². The summed E-state index contributed by atoms with van der Waals surface area (Å²) in [6, 6.07) is 7.75. The second-order valence-electron chi connectivity index (χ2n) is 4.67. The van der Waals surface area contributed by atoms with Crippen LogP contribution in [-0.2, 0) is 0 Å². The lowest BCUT2D eigenvalue weighted by Gasteiger charge is -2.11. The topological polar surface area (TPSA) is 42.3 Å². The first-order chi connectivity index (χ1) is 10.3. The normalized spacial score (nSPS) is 11.8. The molecule has 0 saturated heterocycles. The van der Waals surface area contributed by atoms with Crippen molar-refractivity contribution in [1.29, 1.82) is 0 Å². The Hall–Kier alpha value is -2.35. The van der Waals surface area contributed by atoms with Gasteiger partial charge in [-0.1, -0.05) is 0 Å². The molecule has 0 saturated carbocycles. The molecule has 4 nitrogen and oxygen atoms in total. The van der Waals surface area contributed by atoms with Crippen LogP contribution in [0.1, 0.15) is 5.56 Å². The van der Waals surface area contributed by atoms with Crippen molar-refractivity contribution in [1.82, 2.24) is 14.6 Å². The molecule has 0 unspecified atom stereocenters. The number of nitrogens with zero attached hydrogens (tertiary/aromatic N) is 2. The minimum absolute atomic E-state index is 0.260. The van der Waals surface area contributed by atoms with E-state index in [4.69, 9.17) is 12.2 Å². The average Bonchev–Trinajstić information content (AvgIpc) is 2.85. The zero-order chi connectivity index (χ0) is 15.9. The predicted octanol–water partition coefficient (Wildman–Crippen LogP) is 4.27. The second kappa shape index (κ2) is 5.13. The van der Waals surface area contributed by atoms with Crippen molar-refractivity contribution in [3.05, 3.63) is 46.9 Å². The molecule has 0 spiro atoms. The molecular weight excluding hydrogens is 315 g/mol. The minimum atomic E-state index is -4.71. The molecule has 2 aromatic heterocycles. The van der Waals surface area contributed by atoms with Gasteiger partial charge in [0.2, 0.25) is 4.77 Å². The number of nitrogens with one attached hydrogen (secondary N) is 1. The Morgan fingerprint density at radius 1 is 1.23 bits per heavy atom. The molecule has 0 aliphatic rings. The number of ether oxygens (including phenoxy) is 1. The molecule has 1 N–H and O–H groups in total. The van der Waals surface area contributed by atoms with Gasteiger partial charge >= 0.3 is 6.36 Å². The van der Waals surface area contributed by atoms with Crippen LogP contribution < -0.4 is 4.74 Å². The van der Waals surface area contributed by atoms with Gasteiger partial charge in [-0.15, -0.1) is 13.2 Å². The van der Waals surface area contributed by atoms with Crippen molar-refractivity contribution < 1.29 is 17.9 Å². The van der Waals surface area contributed by atoms with Crippen LogP contribution in [0.5, 0.6) is 5.75 Å². The number of rotatable bonds is 2. The third-order valence-electron chi connectivity index (χ3n) is 3.12. The van der Waals surface area contributed by atoms with Crippen LogP contribution in [0.4, 0.5) is 13.2 Å². The van der Waals surface area contributed by atoms with E-state index in [0.29, 0.717) is 21.6 Å². The van der Waals surface area contributed by atoms with Gasteiger partial charge in [-0.3, -0.25) is 5.10 Å². The van der Waals surface area contributed by atoms with E-state index in [2.05, 4.69) is 14.8 Å². The highest BCUT2D eigenvalue weighted by Gasteiger charge is 2.31. The second-order valence-corrected chi connectivity index (χ2v) is 5.04. The first-order valence-corrected chi connectivity index (χ1v) is 6.68. The van der Waals surface area contributed by atoms with Crippen molar-refractivity contribution in [2.24, 2.45) is 0 Å².